The molecule has 8 nitrogen and oxygen atoms in total. The Hall–Kier alpha value is -3.10. The highest BCUT2D eigenvalue weighted by molar-refractivity contribution is 5.80. The van der Waals surface area contributed by atoms with E-state index in [1.54, 1.807) is 4.57 Å². The zero-order valence-corrected chi connectivity index (χ0v) is 16.3. The molecule has 8 heteroatoms. The molecule has 0 unspecified atom stereocenters. The van der Waals surface area contributed by atoms with Crippen molar-refractivity contribution in [1.82, 2.24) is 19.4 Å². The summed E-state index contributed by atoms with van der Waals surface area (Å²) in [6.45, 7) is 7.44. The average molecular weight is 393 g/mol. The van der Waals surface area contributed by atoms with Gasteiger partial charge < -0.3 is 4.90 Å². The molecule has 3 aromatic rings. The fraction of sp³-hybridized carbons (Fsp3) is 0.333. The summed E-state index contributed by atoms with van der Waals surface area (Å²) in [5, 5.41) is 11.5. The summed E-state index contributed by atoms with van der Waals surface area (Å²) in [6, 6.07) is 13.6. The van der Waals surface area contributed by atoms with Crippen molar-refractivity contribution in [2.45, 2.75) is 13.5 Å². The van der Waals surface area contributed by atoms with E-state index in [1.807, 2.05) is 30.3 Å². The normalized spacial score (nSPS) is 15.6. The van der Waals surface area contributed by atoms with Crippen LogP contribution in [0, 0.1) is 10.1 Å². The Morgan fingerprint density at radius 3 is 2.38 bits per heavy atom. The standard InChI is InChI=1S/C21H23N5O3/c1-2-23-10-12-24(13-11-23)15-20-22-19-14-17(26(28)29)8-9-18(19)21(27)25(20)16-6-4-3-5-7-16/h3-9,14H,2,10-13,15H2,1H3. The van der Waals surface area contributed by atoms with E-state index in [2.05, 4.69) is 16.7 Å². The fourth-order valence-corrected chi connectivity index (χ4v) is 3.75. The van der Waals surface area contributed by atoms with Gasteiger partial charge >= 0.3 is 0 Å². The van der Waals surface area contributed by atoms with Crippen LogP contribution < -0.4 is 5.56 Å². The van der Waals surface area contributed by atoms with Gasteiger partial charge in [0.2, 0.25) is 0 Å². The Balaban J connectivity index is 1.81. The molecule has 150 valence electrons. The molecular weight excluding hydrogens is 370 g/mol. The van der Waals surface area contributed by atoms with Crippen LogP contribution in [0.25, 0.3) is 16.6 Å². The molecule has 0 bridgehead atoms. The van der Waals surface area contributed by atoms with Gasteiger partial charge in [-0.1, -0.05) is 25.1 Å². The van der Waals surface area contributed by atoms with E-state index < -0.39 is 4.92 Å². The summed E-state index contributed by atoms with van der Waals surface area (Å²) >= 11 is 0. The van der Waals surface area contributed by atoms with Gasteiger partial charge in [0.1, 0.15) is 5.82 Å². The minimum absolute atomic E-state index is 0.0654. The molecule has 2 aromatic carbocycles. The highest BCUT2D eigenvalue weighted by Crippen LogP contribution is 2.20. The molecule has 0 atom stereocenters. The van der Waals surface area contributed by atoms with Gasteiger partial charge in [-0.15, -0.1) is 0 Å². The molecule has 0 saturated carbocycles. The molecule has 1 saturated heterocycles. The lowest BCUT2D eigenvalue weighted by molar-refractivity contribution is -0.384. The number of nitrogens with zero attached hydrogens (tertiary/aromatic N) is 5. The van der Waals surface area contributed by atoms with Crippen molar-refractivity contribution in [3.05, 3.63) is 74.8 Å². The molecule has 1 aliphatic heterocycles. The first-order chi connectivity index (χ1) is 14.1. The molecule has 4 rings (SSSR count). The second-order valence-corrected chi connectivity index (χ2v) is 7.17. The number of aromatic nitrogens is 2. The fourth-order valence-electron chi connectivity index (χ4n) is 3.75. The summed E-state index contributed by atoms with van der Waals surface area (Å²) in [7, 11) is 0. The Morgan fingerprint density at radius 2 is 1.72 bits per heavy atom. The van der Waals surface area contributed by atoms with Gasteiger partial charge in [-0.3, -0.25) is 24.4 Å². The molecule has 1 fully saturated rings. The van der Waals surface area contributed by atoms with Crippen LogP contribution in [0.4, 0.5) is 5.69 Å². The Labute approximate surface area is 168 Å². The van der Waals surface area contributed by atoms with E-state index >= 15 is 0 Å². The Morgan fingerprint density at radius 1 is 1.03 bits per heavy atom. The van der Waals surface area contributed by atoms with Crippen molar-refractivity contribution in [2.24, 2.45) is 0 Å². The van der Waals surface area contributed by atoms with Crippen molar-refractivity contribution >= 4 is 16.6 Å². The lowest BCUT2D eigenvalue weighted by Crippen LogP contribution is -2.46. The predicted octanol–water partition coefficient (Wildman–Crippen LogP) is 2.43. The molecule has 0 spiro atoms. The Kier molecular flexibility index (Phi) is 5.37. The van der Waals surface area contributed by atoms with Crippen LogP contribution in [0.2, 0.25) is 0 Å². The monoisotopic (exact) mass is 393 g/mol. The van der Waals surface area contributed by atoms with Crippen LogP contribution in [0.15, 0.2) is 53.3 Å². The van der Waals surface area contributed by atoms with E-state index in [-0.39, 0.29) is 11.2 Å². The molecule has 0 radical (unpaired) electrons. The lowest BCUT2D eigenvalue weighted by atomic mass is 10.2. The van der Waals surface area contributed by atoms with Crippen LogP contribution in [-0.4, -0.2) is 57.0 Å². The molecular formula is C21H23N5O3. The van der Waals surface area contributed by atoms with Gasteiger partial charge in [-0.2, -0.15) is 0 Å². The third-order valence-electron chi connectivity index (χ3n) is 5.42. The van der Waals surface area contributed by atoms with E-state index in [1.165, 1.54) is 18.2 Å². The number of fused-ring (bicyclic) bond motifs is 1. The van der Waals surface area contributed by atoms with Gasteiger partial charge in [0.25, 0.3) is 11.2 Å². The topological polar surface area (TPSA) is 84.5 Å². The average Bonchev–Trinajstić information content (AvgIpc) is 2.74. The van der Waals surface area contributed by atoms with Gasteiger partial charge in [-0.25, -0.2) is 4.98 Å². The van der Waals surface area contributed by atoms with Crippen LogP contribution in [0.5, 0.6) is 0 Å². The van der Waals surface area contributed by atoms with E-state index in [9.17, 15) is 14.9 Å². The number of non-ortho nitro benzene ring substituents is 1. The number of para-hydroxylation sites is 1. The quantitative estimate of drug-likeness (QED) is 0.489. The number of hydrogen-bond acceptors (Lipinski definition) is 6. The van der Waals surface area contributed by atoms with E-state index in [4.69, 9.17) is 4.98 Å². The SMILES string of the molecule is CCN1CCN(Cc2nc3cc([N+](=O)[O-])ccc3c(=O)n2-c2ccccc2)CC1. The number of rotatable bonds is 5. The number of nitro groups is 1. The second-order valence-electron chi connectivity index (χ2n) is 7.17. The summed E-state index contributed by atoms with van der Waals surface area (Å²) < 4.78 is 1.63. The van der Waals surface area contributed by atoms with Crippen LogP contribution >= 0.6 is 0 Å². The molecule has 0 amide bonds. The van der Waals surface area contributed by atoms with Crippen molar-refractivity contribution in [1.29, 1.82) is 0 Å². The first-order valence-corrected chi connectivity index (χ1v) is 9.77. The molecule has 1 aromatic heterocycles. The number of piperazine rings is 1. The first-order valence-electron chi connectivity index (χ1n) is 9.77. The minimum Gasteiger partial charge on any atom is -0.301 e. The smallest absolute Gasteiger partial charge is 0.271 e. The molecule has 2 heterocycles. The third-order valence-corrected chi connectivity index (χ3v) is 5.42. The van der Waals surface area contributed by atoms with Crippen LogP contribution in [-0.2, 0) is 6.54 Å². The summed E-state index contributed by atoms with van der Waals surface area (Å²) in [4.78, 5) is 33.3. The maximum atomic E-state index is 13.3. The van der Waals surface area contributed by atoms with E-state index in [0.717, 1.165) is 38.4 Å². The van der Waals surface area contributed by atoms with Gasteiger partial charge in [0, 0.05) is 38.3 Å². The summed E-state index contributed by atoms with van der Waals surface area (Å²) in [6.07, 6.45) is 0. The summed E-state index contributed by atoms with van der Waals surface area (Å²) in [5.41, 5.74) is 0.827. The first kappa shape index (κ1) is 19.2. The van der Waals surface area contributed by atoms with Crippen molar-refractivity contribution in [3.63, 3.8) is 0 Å². The highest BCUT2D eigenvalue weighted by atomic mass is 16.6. The molecule has 1 aliphatic rings. The predicted molar refractivity (Wildman–Crippen MR) is 111 cm³/mol. The molecule has 0 N–H and O–H groups in total. The number of likely N-dealkylation sites (N-methyl/N-ethyl adjacent to an activating group) is 1. The molecule has 29 heavy (non-hydrogen) atoms. The number of hydrogen-bond donors (Lipinski definition) is 0. The van der Waals surface area contributed by atoms with Gasteiger partial charge in [0.05, 0.1) is 28.1 Å². The zero-order valence-electron chi connectivity index (χ0n) is 16.3. The van der Waals surface area contributed by atoms with E-state index in [0.29, 0.717) is 23.3 Å². The van der Waals surface area contributed by atoms with Gasteiger partial charge in [-0.05, 0) is 24.7 Å². The summed E-state index contributed by atoms with van der Waals surface area (Å²) in [5.74, 6) is 0.596. The highest BCUT2D eigenvalue weighted by Gasteiger charge is 2.20. The maximum Gasteiger partial charge on any atom is 0.271 e. The maximum absolute atomic E-state index is 13.3. The third kappa shape index (κ3) is 3.90. The second kappa shape index (κ2) is 8.10. The van der Waals surface area contributed by atoms with Crippen molar-refractivity contribution in [2.75, 3.05) is 32.7 Å². The van der Waals surface area contributed by atoms with Crippen LogP contribution in [0.1, 0.15) is 12.7 Å². The van der Waals surface area contributed by atoms with Gasteiger partial charge in [0.15, 0.2) is 0 Å². The molecule has 0 aliphatic carbocycles. The Bertz CT molecular complexity index is 1090. The largest absolute Gasteiger partial charge is 0.301 e. The zero-order chi connectivity index (χ0) is 20.4. The number of benzene rings is 2. The van der Waals surface area contributed by atoms with Crippen LogP contribution in [0.3, 0.4) is 0 Å². The minimum atomic E-state index is -0.465. The lowest BCUT2D eigenvalue weighted by Gasteiger charge is -2.34. The van der Waals surface area contributed by atoms with Crippen molar-refractivity contribution < 1.29 is 4.92 Å². The van der Waals surface area contributed by atoms with Crippen molar-refractivity contribution in [3.8, 4) is 5.69 Å². The number of nitro benzene ring substituents is 1.